The highest BCUT2D eigenvalue weighted by molar-refractivity contribution is 8.00. The van der Waals surface area contributed by atoms with Crippen molar-refractivity contribution in [2.24, 2.45) is 0 Å². The van der Waals surface area contributed by atoms with Gasteiger partial charge in [-0.25, -0.2) is 0 Å². The maximum atomic E-state index is 12.5. The van der Waals surface area contributed by atoms with E-state index in [-0.39, 0.29) is 31.4 Å². The third-order valence-corrected chi connectivity index (χ3v) is 6.66. The van der Waals surface area contributed by atoms with E-state index in [9.17, 15) is 19.6 Å². The number of para-hydroxylation sites is 1. The molecule has 1 aromatic rings. The fraction of sp³-hybridized carbons (Fsp3) is 0.524. The van der Waals surface area contributed by atoms with E-state index in [1.165, 1.54) is 16.7 Å². The molecule has 0 radical (unpaired) electrons. The Bertz CT molecular complexity index is 829. The first-order chi connectivity index (χ1) is 14.0. The number of thioether (sulfide) groups is 1. The van der Waals surface area contributed by atoms with Crippen LogP contribution in [0.5, 0.6) is 0 Å². The Labute approximate surface area is 175 Å². The van der Waals surface area contributed by atoms with Crippen LogP contribution in [-0.4, -0.2) is 54.2 Å². The number of amides is 2. The van der Waals surface area contributed by atoms with Gasteiger partial charge in [0.2, 0.25) is 5.91 Å². The summed E-state index contributed by atoms with van der Waals surface area (Å²) < 4.78 is 5.14. The summed E-state index contributed by atoms with van der Waals surface area (Å²) >= 11 is 1.48. The van der Waals surface area contributed by atoms with Gasteiger partial charge in [-0.2, -0.15) is 5.26 Å². The minimum atomic E-state index is -0.802. The van der Waals surface area contributed by atoms with Crippen molar-refractivity contribution in [3.8, 4) is 6.07 Å². The topological polar surface area (TPSA) is 90.7 Å². The highest BCUT2D eigenvalue weighted by Crippen LogP contribution is 2.35. The lowest BCUT2D eigenvalue weighted by atomic mass is 9.81. The molecular formula is C21H25N3O4S. The number of benzene rings is 1. The Balaban J connectivity index is 1.51. The van der Waals surface area contributed by atoms with Crippen molar-refractivity contribution < 1.29 is 19.1 Å². The number of carbonyl (C=O) groups is 3. The molecule has 0 aromatic heterocycles. The molecule has 2 amide bonds. The second-order valence-corrected chi connectivity index (χ2v) is 8.39. The second-order valence-electron chi connectivity index (χ2n) is 7.37. The molecular weight excluding hydrogens is 390 g/mol. The largest absolute Gasteiger partial charge is 0.456 e. The Morgan fingerprint density at radius 3 is 2.72 bits per heavy atom. The maximum Gasteiger partial charge on any atom is 0.308 e. The predicted octanol–water partition coefficient (Wildman–Crippen LogP) is 2.74. The molecule has 2 aliphatic rings. The Morgan fingerprint density at radius 2 is 2.00 bits per heavy atom. The molecule has 0 saturated heterocycles. The van der Waals surface area contributed by atoms with Crippen molar-refractivity contribution in [2.75, 3.05) is 30.9 Å². The molecule has 1 aliphatic heterocycles. The normalized spacial score (nSPS) is 17.8. The Morgan fingerprint density at radius 1 is 1.28 bits per heavy atom. The fourth-order valence-corrected chi connectivity index (χ4v) is 4.75. The van der Waals surface area contributed by atoms with E-state index in [4.69, 9.17) is 4.74 Å². The zero-order valence-corrected chi connectivity index (χ0v) is 17.4. The summed E-state index contributed by atoms with van der Waals surface area (Å²) in [6.45, 7) is -0.180. The number of nitriles is 1. The summed E-state index contributed by atoms with van der Waals surface area (Å²) in [5.74, 6) is -0.626. The molecule has 1 fully saturated rings. The third-order valence-electron chi connectivity index (χ3n) is 5.61. The SMILES string of the molecule is CN(C(=O)COC(=O)CCN1C(=O)CSc2ccccc21)C1(C#N)CCCCC1. The van der Waals surface area contributed by atoms with Gasteiger partial charge in [-0.05, 0) is 25.0 Å². The zero-order chi connectivity index (χ0) is 20.9. The molecule has 1 aromatic carbocycles. The van der Waals surface area contributed by atoms with Gasteiger partial charge in [0.05, 0.1) is 23.9 Å². The van der Waals surface area contributed by atoms with Crippen molar-refractivity contribution >= 4 is 35.2 Å². The molecule has 0 unspecified atom stereocenters. The Hall–Kier alpha value is -2.53. The predicted molar refractivity (Wildman–Crippen MR) is 109 cm³/mol. The smallest absolute Gasteiger partial charge is 0.308 e. The average Bonchev–Trinajstić information content (AvgIpc) is 2.76. The summed E-state index contributed by atoms with van der Waals surface area (Å²) in [6.07, 6.45) is 4.19. The number of fused-ring (bicyclic) bond motifs is 1. The van der Waals surface area contributed by atoms with Gasteiger partial charge in [-0.15, -0.1) is 11.8 Å². The first kappa shape index (κ1) is 21.2. The third kappa shape index (κ3) is 4.73. The minimum absolute atomic E-state index is 0.00509. The van der Waals surface area contributed by atoms with Crippen LogP contribution in [0.15, 0.2) is 29.2 Å². The van der Waals surface area contributed by atoms with Crippen molar-refractivity contribution in [3.63, 3.8) is 0 Å². The van der Waals surface area contributed by atoms with Crippen molar-refractivity contribution in [1.82, 2.24) is 4.90 Å². The number of hydrogen-bond acceptors (Lipinski definition) is 6. The first-order valence-electron chi connectivity index (χ1n) is 9.82. The second kappa shape index (κ2) is 9.31. The molecule has 1 heterocycles. The number of rotatable bonds is 6. The van der Waals surface area contributed by atoms with Crippen LogP contribution < -0.4 is 4.90 Å². The standard InChI is InChI=1S/C21H25N3O4S/c1-23(21(15-22)10-5-2-6-11-21)18(25)13-28-20(27)9-12-24-16-7-3-4-8-17(16)29-14-19(24)26/h3-4,7-8H,2,5-6,9-14H2,1H3. The van der Waals surface area contributed by atoms with Crippen molar-refractivity contribution in [2.45, 2.75) is 49.0 Å². The van der Waals surface area contributed by atoms with E-state index < -0.39 is 11.5 Å². The zero-order valence-electron chi connectivity index (χ0n) is 16.6. The van der Waals surface area contributed by atoms with E-state index in [2.05, 4.69) is 6.07 Å². The molecule has 1 aliphatic carbocycles. The number of esters is 1. The van der Waals surface area contributed by atoms with Crippen LogP contribution in [-0.2, 0) is 19.1 Å². The molecule has 7 nitrogen and oxygen atoms in total. The number of ether oxygens (including phenoxy) is 1. The van der Waals surface area contributed by atoms with Gasteiger partial charge in [0, 0.05) is 18.5 Å². The van der Waals surface area contributed by atoms with Gasteiger partial charge in [-0.1, -0.05) is 31.4 Å². The lowest BCUT2D eigenvalue weighted by Crippen LogP contribution is -2.51. The van der Waals surface area contributed by atoms with Gasteiger partial charge in [0.1, 0.15) is 5.54 Å². The highest BCUT2D eigenvalue weighted by atomic mass is 32.2. The average molecular weight is 416 g/mol. The monoisotopic (exact) mass is 415 g/mol. The van der Waals surface area contributed by atoms with E-state index in [0.29, 0.717) is 18.6 Å². The number of anilines is 1. The summed E-state index contributed by atoms with van der Waals surface area (Å²) in [5, 5.41) is 9.58. The van der Waals surface area contributed by atoms with Crippen molar-refractivity contribution in [3.05, 3.63) is 24.3 Å². The minimum Gasteiger partial charge on any atom is -0.456 e. The van der Waals surface area contributed by atoms with E-state index in [1.54, 1.807) is 11.9 Å². The molecule has 1 saturated carbocycles. The van der Waals surface area contributed by atoms with Crippen LogP contribution in [0.4, 0.5) is 5.69 Å². The summed E-state index contributed by atoms with van der Waals surface area (Å²) in [6, 6.07) is 9.86. The van der Waals surface area contributed by atoms with Gasteiger partial charge in [-0.3, -0.25) is 14.4 Å². The van der Waals surface area contributed by atoms with E-state index >= 15 is 0 Å². The molecule has 3 rings (SSSR count). The number of likely N-dealkylation sites (N-methyl/N-ethyl adjacent to an activating group) is 1. The molecule has 0 bridgehead atoms. The van der Waals surface area contributed by atoms with Crippen LogP contribution in [0.2, 0.25) is 0 Å². The van der Waals surface area contributed by atoms with E-state index in [0.717, 1.165) is 29.8 Å². The molecule has 29 heavy (non-hydrogen) atoms. The number of nitrogens with zero attached hydrogens (tertiary/aromatic N) is 3. The lowest BCUT2D eigenvalue weighted by Gasteiger charge is -2.38. The summed E-state index contributed by atoms with van der Waals surface area (Å²) in [5.41, 5.74) is -0.00537. The van der Waals surface area contributed by atoms with Gasteiger partial charge in [0.25, 0.3) is 5.91 Å². The summed E-state index contributed by atoms with van der Waals surface area (Å²) in [4.78, 5) is 40.9. The summed E-state index contributed by atoms with van der Waals surface area (Å²) in [7, 11) is 1.60. The highest BCUT2D eigenvalue weighted by Gasteiger charge is 2.39. The van der Waals surface area contributed by atoms with Crippen molar-refractivity contribution in [1.29, 1.82) is 5.26 Å². The Kier molecular flexibility index (Phi) is 6.80. The van der Waals surface area contributed by atoms with E-state index in [1.807, 2.05) is 24.3 Å². The van der Waals surface area contributed by atoms with Crippen LogP contribution >= 0.6 is 11.8 Å². The van der Waals surface area contributed by atoms with Gasteiger partial charge >= 0.3 is 5.97 Å². The molecule has 154 valence electrons. The van der Waals surface area contributed by atoms with Crippen LogP contribution in [0.1, 0.15) is 38.5 Å². The lowest BCUT2D eigenvalue weighted by molar-refractivity contribution is -0.153. The maximum absolute atomic E-state index is 12.5. The van der Waals surface area contributed by atoms with Crippen LogP contribution in [0, 0.1) is 11.3 Å². The van der Waals surface area contributed by atoms with Gasteiger partial charge < -0.3 is 14.5 Å². The molecule has 0 spiro atoms. The number of hydrogen-bond donors (Lipinski definition) is 0. The molecule has 0 N–H and O–H groups in total. The fourth-order valence-electron chi connectivity index (χ4n) is 3.81. The molecule has 8 heteroatoms. The quantitative estimate of drug-likeness (QED) is 0.664. The number of carbonyl (C=O) groups excluding carboxylic acids is 3. The van der Waals surface area contributed by atoms with Gasteiger partial charge in [0.15, 0.2) is 6.61 Å². The van der Waals surface area contributed by atoms with Crippen LogP contribution in [0.3, 0.4) is 0 Å². The van der Waals surface area contributed by atoms with Crippen LogP contribution in [0.25, 0.3) is 0 Å². The first-order valence-corrected chi connectivity index (χ1v) is 10.8. The molecule has 0 atom stereocenters.